The summed E-state index contributed by atoms with van der Waals surface area (Å²) in [4.78, 5) is 103. The topological polar surface area (TPSA) is 315 Å². The summed E-state index contributed by atoms with van der Waals surface area (Å²) in [7, 11) is 2.00. The average Bonchev–Trinajstić information content (AvgIpc) is 3.05. The van der Waals surface area contributed by atoms with E-state index in [2.05, 4.69) is 26.6 Å². The number of hydrogen-bond acceptors (Lipinski definition) is 12. The maximum atomic E-state index is 13.7. The number of primary amides is 2. The standard InChI is InChI=1S/C30H44N8O10S2/c1-3-14(2)24-29(46)34-18(8-9-22(32)40)26(43)36-20(11-23(33)41)27(44)37-21(30(47)48)13-50-49-12-17(31)25(42)35-19(28(45)38-24)10-15-4-6-16(39)7-5-15/h4-7,14,17-21,24,39H,3,8-13,31H2,1-2H3,(H2,32,40)(H2,33,41)(H,34,46)(H,35,42)(H,36,43)(H,37,44)(H,38,45)(H,47,48)/t14-,17+,18-,19-,20-,21+,24-/m0/s1. The second-order valence-electron chi connectivity index (χ2n) is 11.7. The Labute approximate surface area is 295 Å². The van der Waals surface area contributed by atoms with Gasteiger partial charge in [0.1, 0.15) is 36.0 Å². The fourth-order valence-electron chi connectivity index (χ4n) is 4.57. The minimum Gasteiger partial charge on any atom is -0.508 e. The maximum absolute atomic E-state index is 13.7. The first-order valence-electron chi connectivity index (χ1n) is 15.6. The average molecular weight is 741 g/mol. The number of nitrogens with one attached hydrogen (secondary N) is 5. The van der Waals surface area contributed by atoms with Crippen LogP contribution in [0.1, 0.15) is 45.1 Å². The molecule has 1 aliphatic rings. The molecule has 1 aromatic rings. The summed E-state index contributed by atoms with van der Waals surface area (Å²) in [5.41, 5.74) is 17.2. The quantitative estimate of drug-likeness (QED) is 0.110. The number of carboxylic acids is 1. The number of aliphatic carboxylic acids is 1. The van der Waals surface area contributed by atoms with Crippen LogP contribution in [0.2, 0.25) is 0 Å². The van der Waals surface area contributed by atoms with Gasteiger partial charge in [-0.05, 0) is 30.0 Å². The molecule has 1 aromatic carbocycles. The molecule has 0 aromatic heterocycles. The molecule has 0 spiro atoms. The van der Waals surface area contributed by atoms with E-state index in [1.54, 1.807) is 26.0 Å². The lowest BCUT2D eigenvalue weighted by molar-refractivity contribution is -0.141. The molecule has 7 atom stereocenters. The zero-order chi connectivity index (χ0) is 37.5. The fraction of sp³-hybridized carbons (Fsp3) is 0.533. The third-order valence-corrected chi connectivity index (χ3v) is 10.1. The molecular formula is C30H44N8O10S2. The highest BCUT2D eigenvalue weighted by atomic mass is 33.1. The van der Waals surface area contributed by atoms with Crippen LogP contribution in [0.15, 0.2) is 24.3 Å². The first kappa shape index (κ1) is 41.6. The summed E-state index contributed by atoms with van der Waals surface area (Å²) in [5, 5.41) is 31.7. The van der Waals surface area contributed by atoms with Gasteiger partial charge in [-0.15, -0.1) is 0 Å². The molecule has 0 radical (unpaired) electrons. The van der Waals surface area contributed by atoms with E-state index in [9.17, 15) is 48.6 Å². The minimum absolute atomic E-state index is 0.0240. The first-order valence-corrected chi connectivity index (χ1v) is 18.1. The second kappa shape index (κ2) is 20.2. The molecule has 13 N–H and O–H groups in total. The Hall–Kier alpha value is -4.56. The van der Waals surface area contributed by atoms with Gasteiger partial charge in [0.25, 0.3) is 0 Å². The van der Waals surface area contributed by atoms with Crippen molar-refractivity contribution in [2.45, 2.75) is 82.2 Å². The second-order valence-corrected chi connectivity index (χ2v) is 14.2. The lowest BCUT2D eigenvalue weighted by Gasteiger charge is -2.29. The molecule has 50 heavy (non-hydrogen) atoms. The lowest BCUT2D eigenvalue weighted by atomic mass is 9.96. The van der Waals surface area contributed by atoms with E-state index in [0.717, 1.165) is 21.6 Å². The highest BCUT2D eigenvalue weighted by Crippen LogP contribution is 2.23. The SMILES string of the molecule is CC[C@H](C)[C@@H]1NC(=O)[C@H](Cc2ccc(O)cc2)NC(=O)[C@H](N)CSSC[C@H](C(=O)O)NC(=O)[C@H](CC(N)=O)NC(=O)[C@H](CCC(N)=O)NC1=O. The normalized spacial score (nSPS) is 25.5. The molecule has 0 unspecified atom stereocenters. The van der Waals surface area contributed by atoms with Crippen LogP contribution in [0.25, 0.3) is 0 Å². The van der Waals surface area contributed by atoms with Crippen molar-refractivity contribution >= 4 is 68.9 Å². The molecule has 7 amide bonds. The van der Waals surface area contributed by atoms with Crippen molar-refractivity contribution in [3.63, 3.8) is 0 Å². The van der Waals surface area contributed by atoms with Crippen LogP contribution in [0, 0.1) is 5.92 Å². The van der Waals surface area contributed by atoms with Crippen LogP contribution in [0.4, 0.5) is 0 Å². The van der Waals surface area contributed by atoms with Crippen LogP contribution >= 0.6 is 21.6 Å². The number of benzene rings is 1. The number of nitrogens with two attached hydrogens (primary N) is 3. The van der Waals surface area contributed by atoms with E-state index in [0.29, 0.717) is 12.0 Å². The van der Waals surface area contributed by atoms with Crippen molar-refractivity contribution in [2.24, 2.45) is 23.1 Å². The van der Waals surface area contributed by atoms with Crippen molar-refractivity contribution in [1.29, 1.82) is 0 Å². The number of rotatable bonds is 10. The largest absolute Gasteiger partial charge is 0.508 e. The Kier molecular flexibility index (Phi) is 16.8. The molecule has 1 fully saturated rings. The summed E-state index contributed by atoms with van der Waals surface area (Å²) in [5.74, 6) is -8.51. The molecule has 1 aliphatic heterocycles. The summed E-state index contributed by atoms with van der Waals surface area (Å²) in [6.07, 6.45) is -1.16. The van der Waals surface area contributed by atoms with Crippen molar-refractivity contribution in [1.82, 2.24) is 26.6 Å². The zero-order valence-corrected chi connectivity index (χ0v) is 29.1. The molecule has 276 valence electrons. The summed E-state index contributed by atoms with van der Waals surface area (Å²) < 4.78 is 0. The van der Waals surface area contributed by atoms with Crippen LogP contribution < -0.4 is 43.8 Å². The number of aromatic hydroxyl groups is 1. The smallest absolute Gasteiger partial charge is 0.327 e. The van der Waals surface area contributed by atoms with Gasteiger partial charge in [-0.1, -0.05) is 54.0 Å². The zero-order valence-electron chi connectivity index (χ0n) is 27.5. The number of carbonyl (C=O) groups excluding carboxylic acids is 7. The van der Waals surface area contributed by atoms with Gasteiger partial charge < -0.3 is 54.0 Å². The number of hydrogen-bond donors (Lipinski definition) is 10. The number of phenolic OH excluding ortho intramolecular Hbond substituents is 1. The predicted octanol–water partition coefficient (Wildman–Crippen LogP) is -2.65. The van der Waals surface area contributed by atoms with Gasteiger partial charge in [0.05, 0.1) is 12.5 Å². The Bertz CT molecular complexity index is 1420. The molecule has 0 bridgehead atoms. The van der Waals surface area contributed by atoms with Gasteiger partial charge in [0.2, 0.25) is 41.4 Å². The van der Waals surface area contributed by atoms with Crippen LogP contribution in [0.3, 0.4) is 0 Å². The molecule has 0 aliphatic carbocycles. The molecule has 0 saturated carbocycles. The van der Waals surface area contributed by atoms with Gasteiger partial charge in [-0.25, -0.2) is 4.79 Å². The highest BCUT2D eigenvalue weighted by molar-refractivity contribution is 8.76. The minimum atomic E-state index is -1.67. The van der Waals surface area contributed by atoms with Crippen molar-refractivity contribution in [2.75, 3.05) is 11.5 Å². The maximum Gasteiger partial charge on any atom is 0.327 e. The van der Waals surface area contributed by atoms with E-state index >= 15 is 0 Å². The molecule has 18 nitrogen and oxygen atoms in total. The highest BCUT2D eigenvalue weighted by Gasteiger charge is 2.35. The number of phenols is 1. The summed E-state index contributed by atoms with van der Waals surface area (Å²) in [6.45, 7) is 3.41. The van der Waals surface area contributed by atoms with E-state index in [1.807, 2.05) is 0 Å². The molecule has 1 saturated heterocycles. The number of amides is 7. The van der Waals surface area contributed by atoms with Crippen LogP contribution in [0.5, 0.6) is 5.75 Å². The molecule has 2 rings (SSSR count). The Morgan fingerprint density at radius 3 is 1.94 bits per heavy atom. The third kappa shape index (κ3) is 13.7. The van der Waals surface area contributed by atoms with E-state index in [1.165, 1.54) is 12.1 Å². The Morgan fingerprint density at radius 2 is 1.36 bits per heavy atom. The van der Waals surface area contributed by atoms with Crippen molar-refractivity contribution in [3.05, 3.63) is 29.8 Å². The Morgan fingerprint density at radius 1 is 0.800 bits per heavy atom. The Balaban J connectivity index is 2.55. The van der Waals surface area contributed by atoms with Gasteiger partial charge in [-0.2, -0.15) is 0 Å². The molecule has 1 heterocycles. The van der Waals surface area contributed by atoms with E-state index < -0.39 is 95.9 Å². The van der Waals surface area contributed by atoms with Gasteiger partial charge in [-0.3, -0.25) is 33.6 Å². The summed E-state index contributed by atoms with van der Waals surface area (Å²) in [6, 6.07) is -2.50. The fourth-order valence-corrected chi connectivity index (χ4v) is 6.85. The lowest BCUT2D eigenvalue weighted by Crippen LogP contribution is -2.61. The van der Waals surface area contributed by atoms with Gasteiger partial charge >= 0.3 is 5.97 Å². The van der Waals surface area contributed by atoms with Gasteiger partial charge in [0, 0.05) is 24.3 Å². The first-order chi connectivity index (χ1) is 23.5. The number of carbonyl (C=O) groups is 8. The predicted molar refractivity (Wildman–Crippen MR) is 184 cm³/mol. The van der Waals surface area contributed by atoms with Crippen LogP contribution in [-0.4, -0.2) is 105 Å². The number of carboxylic acid groups (broad SMARTS) is 1. The monoisotopic (exact) mass is 740 g/mol. The van der Waals surface area contributed by atoms with E-state index in [-0.39, 0.29) is 36.5 Å². The third-order valence-electron chi connectivity index (χ3n) is 7.67. The van der Waals surface area contributed by atoms with Crippen molar-refractivity contribution < 1.29 is 48.6 Å². The van der Waals surface area contributed by atoms with E-state index in [4.69, 9.17) is 17.2 Å². The van der Waals surface area contributed by atoms with Gasteiger partial charge in [0.15, 0.2) is 0 Å². The molecular weight excluding hydrogens is 697 g/mol. The van der Waals surface area contributed by atoms with Crippen LogP contribution in [-0.2, 0) is 44.8 Å². The van der Waals surface area contributed by atoms with Crippen molar-refractivity contribution in [3.8, 4) is 5.75 Å². The molecule has 20 heteroatoms. The summed E-state index contributed by atoms with van der Waals surface area (Å²) >= 11 is 0.